The number of nitrogens with one attached hydrogen (secondary N) is 1. The summed E-state index contributed by atoms with van der Waals surface area (Å²) in [6.45, 7) is 0.921. The lowest BCUT2D eigenvalue weighted by Crippen LogP contribution is -2.47. The van der Waals surface area contributed by atoms with Crippen LogP contribution in [0.4, 0.5) is 8.78 Å². The first kappa shape index (κ1) is 19.9. The number of carbonyl (C=O) groups excluding carboxylic acids is 1. The van der Waals surface area contributed by atoms with E-state index < -0.39 is 18.5 Å². The summed E-state index contributed by atoms with van der Waals surface area (Å²) in [7, 11) is 1.65. The van der Waals surface area contributed by atoms with Crippen molar-refractivity contribution in [3.63, 3.8) is 0 Å². The van der Waals surface area contributed by atoms with Crippen molar-refractivity contribution in [1.82, 2.24) is 10.2 Å². The Labute approximate surface area is 153 Å². The Kier molecular flexibility index (Phi) is 6.63. The second-order valence-electron chi connectivity index (χ2n) is 6.81. The summed E-state index contributed by atoms with van der Waals surface area (Å²) in [4.78, 5) is 14.1. The van der Waals surface area contributed by atoms with Crippen molar-refractivity contribution in [3.05, 3.63) is 29.8 Å². The molecular weight excluding hydrogens is 350 g/mol. The molecule has 7 heteroatoms. The summed E-state index contributed by atoms with van der Waals surface area (Å²) in [6.07, 6.45) is 2.44. The van der Waals surface area contributed by atoms with Gasteiger partial charge in [0.15, 0.2) is 0 Å². The van der Waals surface area contributed by atoms with Crippen LogP contribution in [0.15, 0.2) is 24.3 Å². The zero-order valence-electron chi connectivity index (χ0n) is 14.3. The van der Waals surface area contributed by atoms with Crippen LogP contribution in [0.1, 0.15) is 24.8 Å². The summed E-state index contributed by atoms with van der Waals surface area (Å²) in [5.41, 5.74) is 1.26. The topological polar surface area (TPSA) is 41.6 Å². The molecule has 0 aromatic heterocycles. The fraction of sp³-hybridized carbons (Fsp3) is 0.611. The van der Waals surface area contributed by atoms with Gasteiger partial charge in [0, 0.05) is 19.5 Å². The number of methoxy groups -OCH3 is 1. The zero-order valence-corrected chi connectivity index (χ0v) is 15.2. The molecule has 1 aromatic carbocycles. The Morgan fingerprint density at radius 2 is 1.92 bits per heavy atom. The van der Waals surface area contributed by atoms with Gasteiger partial charge >= 0.3 is 0 Å². The summed E-state index contributed by atoms with van der Waals surface area (Å²) in [5.74, 6) is -1.55. The van der Waals surface area contributed by atoms with Gasteiger partial charge in [-0.25, -0.2) is 8.78 Å². The molecule has 140 valence electrons. The smallest absolute Gasteiger partial charge is 0.262 e. The number of carbonyl (C=O) groups is 1. The normalized spacial score (nSPS) is 23.2. The van der Waals surface area contributed by atoms with E-state index in [1.807, 2.05) is 12.1 Å². The van der Waals surface area contributed by atoms with Crippen LogP contribution in [0.5, 0.6) is 5.75 Å². The van der Waals surface area contributed by atoms with Crippen LogP contribution in [-0.2, 0) is 11.2 Å². The van der Waals surface area contributed by atoms with Crippen LogP contribution in [0.3, 0.4) is 0 Å². The lowest BCUT2D eigenvalue weighted by Gasteiger charge is -2.33. The number of amides is 1. The molecule has 2 aliphatic heterocycles. The predicted molar refractivity (Wildman–Crippen MR) is 94.6 cm³/mol. The monoisotopic (exact) mass is 374 g/mol. The van der Waals surface area contributed by atoms with Gasteiger partial charge in [0.1, 0.15) is 5.75 Å². The molecule has 1 aromatic rings. The fourth-order valence-corrected chi connectivity index (χ4v) is 3.56. The molecule has 0 aliphatic carbocycles. The molecule has 1 atom stereocenters. The average molecular weight is 375 g/mol. The number of likely N-dealkylation sites (tertiary alicyclic amines) is 1. The molecule has 25 heavy (non-hydrogen) atoms. The quantitative estimate of drug-likeness (QED) is 0.881. The van der Waals surface area contributed by atoms with Crippen LogP contribution in [0.25, 0.3) is 0 Å². The molecule has 4 nitrogen and oxygen atoms in total. The third-order valence-corrected chi connectivity index (χ3v) is 5.02. The number of ether oxygens (including phenoxy) is 1. The van der Waals surface area contributed by atoms with Crippen LogP contribution in [-0.4, -0.2) is 49.5 Å². The van der Waals surface area contributed by atoms with E-state index in [4.69, 9.17) is 4.74 Å². The molecule has 0 radical (unpaired) electrons. The van der Waals surface area contributed by atoms with Crippen molar-refractivity contribution < 1.29 is 18.3 Å². The third kappa shape index (κ3) is 5.05. The molecule has 2 fully saturated rings. The maximum absolute atomic E-state index is 13.2. The van der Waals surface area contributed by atoms with Crippen LogP contribution in [0, 0.1) is 5.92 Å². The molecule has 0 saturated carbocycles. The molecule has 1 N–H and O–H groups in total. The summed E-state index contributed by atoms with van der Waals surface area (Å²) in [5, 5.41) is 2.65. The number of hydrogen-bond donors (Lipinski definition) is 1. The van der Waals surface area contributed by atoms with Gasteiger partial charge < -0.3 is 9.64 Å². The van der Waals surface area contributed by atoms with E-state index in [-0.39, 0.29) is 24.7 Å². The third-order valence-electron chi connectivity index (χ3n) is 5.02. The molecule has 1 amide bonds. The maximum atomic E-state index is 13.2. The number of alkyl halides is 2. The standard InChI is InChI=1S/C18H24F2N2O2.ClH/c1-24-15-4-2-13(3-5-15)10-14-6-8-22(9-7-14)17(23)16-11-18(19,20)12-21-16;/h2-5,14,16,21H,6-12H2,1H3;1H. The predicted octanol–water partition coefficient (Wildman–Crippen LogP) is 2.90. The minimum absolute atomic E-state index is 0. The number of hydrogen-bond acceptors (Lipinski definition) is 3. The highest BCUT2D eigenvalue weighted by Gasteiger charge is 2.43. The Balaban J connectivity index is 0.00000225. The summed E-state index contributed by atoms with van der Waals surface area (Å²) >= 11 is 0. The molecule has 0 bridgehead atoms. The van der Waals surface area contributed by atoms with E-state index in [1.165, 1.54) is 5.56 Å². The first-order chi connectivity index (χ1) is 11.5. The second kappa shape index (κ2) is 8.32. The van der Waals surface area contributed by atoms with Crippen LogP contribution < -0.4 is 10.1 Å². The Hall–Kier alpha value is -1.40. The zero-order chi connectivity index (χ0) is 17.2. The summed E-state index contributed by atoms with van der Waals surface area (Å²) in [6, 6.07) is 7.33. The SMILES string of the molecule is COc1ccc(CC2CCN(C(=O)C3CC(F)(F)CN3)CC2)cc1.Cl. The lowest BCUT2D eigenvalue weighted by atomic mass is 9.90. The Morgan fingerprint density at radius 3 is 2.44 bits per heavy atom. The van der Waals surface area contributed by atoms with Crippen molar-refractivity contribution in [2.45, 2.75) is 37.6 Å². The molecule has 2 aliphatic rings. The largest absolute Gasteiger partial charge is 0.497 e. The molecule has 2 heterocycles. The highest BCUT2D eigenvalue weighted by Crippen LogP contribution is 2.28. The van der Waals surface area contributed by atoms with Crippen molar-refractivity contribution in [2.24, 2.45) is 5.92 Å². The number of rotatable bonds is 4. The fourth-order valence-electron chi connectivity index (χ4n) is 3.56. The number of piperidine rings is 1. The highest BCUT2D eigenvalue weighted by molar-refractivity contribution is 5.85. The van der Waals surface area contributed by atoms with E-state index >= 15 is 0 Å². The van der Waals surface area contributed by atoms with E-state index in [1.54, 1.807) is 12.0 Å². The minimum atomic E-state index is -2.76. The van der Waals surface area contributed by atoms with Crippen molar-refractivity contribution in [1.29, 1.82) is 0 Å². The van der Waals surface area contributed by atoms with E-state index in [0.29, 0.717) is 19.0 Å². The van der Waals surface area contributed by atoms with Crippen molar-refractivity contribution >= 4 is 18.3 Å². The van der Waals surface area contributed by atoms with Crippen molar-refractivity contribution in [3.8, 4) is 5.75 Å². The number of benzene rings is 1. The lowest BCUT2D eigenvalue weighted by molar-refractivity contribution is -0.135. The molecule has 1 unspecified atom stereocenters. The molecule has 2 saturated heterocycles. The van der Waals surface area contributed by atoms with Gasteiger partial charge in [-0.15, -0.1) is 12.4 Å². The van der Waals surface area contributed by atoms with E-state index in [2.05, 4.69) is 17.4 Å². The number of halogens is 3. The first-order valence-electron chi connectivity index (χ1n) is 8.50. The van der Waals surface area contributed by atoms with Gasteiger partial charge in [0.2, 0.25) is 5.91 Å². The minimum Gasteiger partial charge on any atom is -0.497 e. The van der Waals surface area contributed by atoms with E-state index in [0.717, 1.165) is 25.0 Å². The molecule has 0 spiro atoms. The molecular formula is C18H25ClF2N2O2. The Bertz CT molecular complexity index is 575. The Morgan fingerprint density at radius 1 is 1.28 bits per heavy atom. The van der Waals surface area contributed by atoms with Crippen molar-refractivity contribution in [2.75, 3.05) is 26.7 Å². The van der Waals surface area contributed by atoms with Gasteiger partial charge in [0.25, 0.3) is 5.92 Å². The van der Waals surface area contributed by atoms with Gasteiger partial charge in [0.05, 0.1) is 19.7 Å². The number of nitrogens with zero attached hydrogens (tertiary/aromatic N) is 1. The average Bonchev–Trinajstić information content (AvgIpc) is 2.95. The van der Waals surface area contributed by atoms with Gasteiger partial charge in [-0.05, 0) is 42.9 Å². The van der Waals surface area contributed by atoms with Gasteiger partial charge in [-0.3, -0.25) is 10.1 Å². The highest BCUT2D eigenvalue weighted by atomic mass is 35.5. The second-order valence-corrected chi connectivity index (χ2v) is 6.81. The first-order valence-corrected chi connectivity index (χ1v) is 8.50. The van der Waals surface area contributed by atoms with Crippen LogP contribution in [0.2, 0.25) is 0 Å². The molecule has 3 rings (SSSR count). The van der Waals surface area contributed by atoms with Crippen LogP contribution >= 0.6 is 12.4 Å². The van der Waals surface area contributed by atoms with Gasteiger partial charge in [-0.1, -0.05) is 12.1 Å². The van der Waals surface area contributed by atoms with Gasteiger partial charge in [-0.2, -0.15) is 0 Å². The maximum Gasteiger partial charge on any atom is 0.262 e. The summed E-state index contributed by atoms with van der Waals surface area (Å²) < 4.78 is 31.6. The van der Waals surface area contributed by atoms with E-state index in [9.17, 15) is 13.6 Å².